The second kappa shape index (κ2) is 11.1. The highest BCUT2D eigenvalue weighted by Gasteiger charge is 2.39. The van der Waals surface area contributed by atoms with Crippen LogP contribution in [-0.4, -0.2) is 83.6 Å². The van der Waals surface area contributed by atoms with Gasteiger partial charge in [-0.3, -0.25) is 29.8 Å². The van der Waals surface area contributed by atoms with Crippen molar-refractivity contribution in [2.45, 2.75) is 0 Å². The Kier molecular flexibility index (Phi) is 7.63. The lowest BCUT2D eigenvalue weighted by atomic mass is 10.0. The molecule has 0 spiro atoms. The average molecular weight is 587 g/mol. The normalized spacial score (nSPS) is 18.6. The summed E-state index contributed by atoms with van der Waals surface area (Å²) in [6.07, 6.45) is 0. The quantitative estimate of drug-likeness (QED) is 0.281. The fourth-order valence-corrected chi connectivity index (χ4v) is 5.72. The Morgan fingerprint density at radius 3 is 1.07 bits per heavy atom. The topological polar surface area (TPSA) is 133 Å². The summed E-state index contributed by atoms with van der Waals surface area (Å²) in [5.74, 6) is -0.995. The van der Waals surface area contributed by atoms with Gasteiger partial charge in [0.1, 0.15) is 21.5 Å². The number of non-ortho nitro benzene ring substituents is 2. The Hall–Kier alpha value is -4.16. The van der Waals surface area contributed by atoms with Crippen LogP contribution in [0.3, 0.4) is 0 Å². The lowest BCUT2D eigenvalue weighted by Gasteiger charge is -2.41. The van der Waals surface area contributed by atoms with Crippen LogP contribution in [0.2, 0.25) is 0 Å². The van der Waals surface area contributed by atoms with E-state index in [9.17, 15) is 29.8 Å². The number of anilines is 2. The third-order valence-corrected chi connectivity index (χ3v) is 7.99. The molecule has 2 aromatic rings. The number of Topliss-reactive ketones (excluding diaryl/α,β-unsaturated/α-hetero) is 2. The van der Waals surface area contributed by atoms with Crippen molar-refractivity contribution in [3.8, 4) is 0 Å². The summed E-state index contributed by atoms with van der Waals surface area (Å²) >= 11 is 13.0. The highest BCUT2D eigenvalue weighted by Crippen LogP contribution is 2.34. The number of rotatable bonds is 6. The monoisotopic (exact) mass is 586 g/mol. The largest absolute Gasteiger partial charge is 0.368 e. The van der Waals surface area contributed by atoms with Gasteiger partial charge in [-0.1, -0.05) is 23.2 Å². The molecule has 5 rings (SSSR count). The number of halogens is 2. The lowest BCUT2D eigenvalue weighted by molar-refractivity contribution is -0.385. The SMILES string of the molecule is O=C1C(Cl)=C(N2CCN(c3ccc([N+](=O)[O-])cc3)CC2)C(=O)C(Cl)=C1N1CCN(c2ccc([N+](=O)[O-])cc2)CC1. The van der Waals surface area contributed by atoms with Crippen molar-refractivity contribution in [2.24, 2.45) is 0 Å². The molecule has 2 saturated heterocycles. The van der Waals surface area contributed by atoms with Gasteiger partial charge in [-0.05, 0) is 24.3 Å². The Labute approximate surface area is 238 Å². The molecule has 208 valence electrons. The summed E-state index contributed by atoms with van der Waals surface area (Å²) in [7, 11) is 0. The van der Waals surface area contributed by atoms with E-state index in [0.717, 1.165) is 11.4 Å². The summed E-state index contributed by atoms with van der Waals surface area (Å²) in [4.78, 5) is 55.3. The number of piperazine rings is 2. The van der Waals surface area contributed by atoms with Crippen molar-refractivity contribution in [3.63, 3.8) is 0 Å². The van der Waals surface area contributed by atoms with Gasteiger partial charge < -0.3 is 19.6 Å². The predicted octanol–water partition coefficient (Wildman–Crippen LogP) is 3.50. The molecule has 0 amide bonds. The van der Waals surface area contributed by atoms with Crippen LogP contribution >= 0.6 is 23.2 Å². The number of nitrogens with zero attached hydrogens (tertiary/aromatic N) is 6. The molecule has 0 aromatic heterocycles. The average Bonchev–Trinajstić information content (AvgIpc) is 2.97. The van der Waals surface area contributed by atoms with Gasteiger partial charge >= 0.3 is 0 Å². The first kappa shape index (κ1) is 27.4. The smallest absolute Gasteiger partial charge is 0.269 e. The van der Waals surface area contributed by atoms with Crippen LogP contribution in [0.25, 0.3) is 0 Å². The summed E-state index contributed by atoms with van der Waals surface area (Å²) in [5, 5.41) is 21.5. The second-order valence-corrected chi connectivity index (χ2v) is 10.2. The van der Waals surface area contributed by atoms with Crippen molar-refractivity contribution < 1.29 is 19.4 Å². The molecule has 3 aliphatic rings. The summed E-state index contributed by atoms with van der Waals surface area (Å²) in [6.45, 7) is 3.73. The number of carbonyl (C=O) groups is 2. The van der Waals surface area contributed by atoms with Gasteiger partial charge in [0, 0.05) is 88.0 Å². The highest BCUT2D eigenvalue weighted by atomic mass is 35.5. The van der Waals surface area contributed by atoms with Crippen LogP contribution in [0.15, 0.2) is 70.0 Å². The number of ketones is 2. The van der Waals surface area contributed by atoms with Gasteiger partial charge in [0.15, 0.2) is 0 Å². The van der Waals surface area contributed by atoms with Crippen LogP contribution < -0.4 is 9.80 Å². The predicted molar refractivity (Wildman–Crippen MR) is 150 cm³/mol. The molecular weight excluding hydrogens is 563 g/mol. The van der Waals surface area contributed by atoms with Crippen LogP contribution in [0.5, 0.6) is 0 Å². The summed E-state index contributed by atoms with van der Waals surface area (Å²) in [6, 6.07) is 12.5. The second-order valence-electron chi connectivity index (χ2n) is 9.48. The molecule has 2 aliphatic heterocycles. The number of hydrogen-bond acceptors (Lipinski definition) is 10. The van der Waals surface area contributed by atoms with E-state index in [2.05, 4.69) is 0 Å². The molecule has 40 heavy (non-hydrogen) atoms. The van der Waals surface area contributed by atoms with Crippen LogP contribution in [0, 0.1) is 20.2 Å². The molecule has 12 nitrogen and oxygen atoms in total. The molecule has 0 N–H and O–H groups in total. The van der Waals surface area contributed by atoms with E-state index in [-0.39, 0.29) is 32.8 Å². The molecule has 2 aromatic carbocycles. The minimum Gasteiger partial charge on any atom is -0.368 e. The van der Waals surface area contributed by atoms with Crippen LogP contribution in [0.4, 0.5) is 22.7 Å². The first-order valence-corrected chi connectivity index (χ1v) is 13.3. The third kappa shape index (κ3) is 5.19. The van der Waals surface area contributed by atoms with E-state index in [4.69, 9.17) is 23.2 Å². The molecule has 0 unspecified atom stereocenters. The first-order chi connectivity index (χ1) is 19.2. The minimum atomic E-state index is -0.497. The van der Waals surface area contributed by atoms with Crippen molar-refractivity contribution in [3.05, 3.63) is 90.2 Å². The highest BCUT2D eigenvalue weighted by molar-refractivity contribution is 6.55. The fourth-order valence-electron chi connectivity index (χ4n) is 5.13. The van der Waals surface area contributed by atoms with Gasteiger partial charge in [-0.25, -0.2) is 0 Å². The van der Waals surface area contributed by atoms with Crippen molar-refractivity contribution >= 4 is 57.5 Å². The van der Waals surface area contributed by atoms with Gasteiger partial charge in [0.05, 0.1) is 9.85 Å². The maximum absolute atomic E-state index is 13.4. The number of nitro groups is 2. The van der Waals surface area contributed by atoms with Gasteiger partial charge in [0.25, 0.3) is 11.4 Å². The zero-order chi connectivity index (χ0) is 28.6. The fraction of sp³-hybridized carbons (Fsp3) is 0.308. The Balaban J connectivity index is 1.24. The van der Waals surface area contributed by atoms with E-state index in [1.165, 1.54) is 24.3 Å². The maximum atomic E-state index is 13.4. The molecule has 0 saturated carbocycles. The molecule has 2 heterocycles. The minimum absolute atomic E-state index is 0.00985. The van der Waals surface area contributed by atoms with Gasteiger partial charge in [-0.2, -0.15) is 0 Å². The van der Waals surface area contributed by atoms with Crippen molar-refractivity contribution in [1.82, 2.24) is 9.80 Å². The van der Waals surface area contributed by atoms with Crippen molar-refractivity contribution in [1.29, 1.82) is 0 Å². The molecule has 0 radical (unpaired) electrons. The number of nitro benzene ring substituents is 2. The van der Waals surface area contributed by atoms with Crippen LogP contribution in [0.1, 0.15) is 0 Å². The van der Waals surface area contributed by atoms with Gasteiger partial charge in [0.2, 0.25) is 11.6 Å². The summed E-state index contributed by atoms with van der Waals surface area (Å²) in [5.41, 5.74) is 1.85. The molecular formula is C26H24Cl2N6O6. The maximum Gasteiger partial charge on any atom is 0.269 e. The molecule has 0 atom stereocenters. The Morgan fingerprint density at radius 2 is 0.800 bits per heavy atom. The number of benzene rings is 2. The molecule has 0 bridgehead atoms. The zero-order valence-corrected chi connectivity index (χ0v) is 22.7. The summed E-state index contributed by atoms with van der Waals surface area (Å²) < 4.78 is 0. The Morgan fingerprint density at radius 1 is 0.525 bits per heavy atom. The number of allylic oxidation sites excluding steroid dienone is 2. The third-order valence-electron chi connectivity index (χ3n) is 7.29. The van der Waals surface area contributed by atoms with E-state index >= 15 is 0 Å². The standard InChI is InChI=1S/C26H24Cl2N6O6/c27-21-23(31-13-9-29(10-14-31)17-1-5-19(6-2-17)33(37)38)25(35)22(28)24(26(21)36)32-15-11-30(12-16-32)18-3-7-20(8-4-18)34(39)40/h1-8H,9-16H2. The van der Waals surface area contributed by atoms with Crippen LogP contribution in [-0.2, 0) is 9.59 Å². The zero-order valence-electron chi connectivity index (χ0n) is 21.2. The van der Waals surface area contributed by atoms with Crippen molar-refractivity contribution in [2.75, 3.05) is 62.2 Å². The lowest BCUT2D eigenvalue weighted by Crippen LogP contribution is -2.50. The molecule has 2 fully saturated rings. The number of carbonyl (C=O) groups excluding carboxylic acids is 2. The van der Waals surface area contributed by atoms with Gasteiger partial charge in [-0.15, -0.1) is 0 Å². The van der Waals surface area contributed by atoms with E-state index in [1.54, 1.807) is 34.1 Å². The van der Waals surface area contributed by atoms with E-state index in [0.29, 0.717) is 52.4 Å². The van der Waals surface area contributed by atoms with E-state index in [1.807, 2.05) is 9.80 Å². The van der Waals surface area contributed by atoms with E-state index < -0.39 is 21.4 Å². The Bertz CT molecular complexity index is 1320. The first-order valence-electron chi connectivity index (χ1n) is 12.5. The molecule has 14 heteroatoms. The number of hydrogen-bond donors (Lipinski definition) is 0. The molecule has 1 aliphatic carbocycles.